The van der Waals surface area contributed by atoms with Crippen molar-refractivity contribution in [1.29, 1.82) is 0 Å². The summed E-state index contributed by atoms with van der Waals surface area (Å²) in [5.74, 6) is 0.770. The number of hydrogen-bond acceptors (Lipinski definition) is 6. The van der Waals surface area contributed by atoms with Gasteiger partial charge in [0.2, 0.25) is 0 Å². The van der Waals surface area contributed by atoms with Crippen LogP contribution in [0.25, 0.3) is 16.0 Å². The summed E-state index contributed by atoms with van der Waals surface area (Å²) < 4.78 is 9.43. The lowest BCUT2D eigenvalue weighted by Gasteiger charge is -2.10. The number of nitrogens with zero attached hydrogens (tertiary/aromatic N) is 5. The largest absolute Gasteiger partial charge is 0.364 e. The first kappa shape index (κ1) is 17.6. The zero-order chi connectivity index (χ0) is 19.0. The van der Waals surface area contributed by atoms with E-state index in [0.29, 0.717) is 5.82 Å². The molecule has 0 N–H and O–H groups in total. The predicted octanol–water partition coefficient (Wildman–Crippen LogP) is 3.10. The minimum Gasteiger partial charge on any atom is -0.364 e. The molecule has 0 bridgehead atoms. The topological polar surface area (TPSA) is 74.8 Å². The van der Waals surface area contributed by atoms with Gasteiger partial charge in [-0.1, -0.05) is 24.3 Å². The highest BCUT2D eigenvalue weighted by Gasteiger charge is 2.15. The number of thiazole rings is 1. The third kappa shape index (κ3) is 3.29. The Morgan fingerprint density at radius 3 is 2.78 bits per heavy atom. The second-order valence-electron chi connectivity index (χ2n) is 6.38. The van der Waals surface area contributed by atoms with Crippen LogP contribution in [0.3, 0.4) is 0 Å². The van der Waals surface area contributed by atoms with E-state index in [-0.39, 0.29) is 17.5 Å². The molecule has 1 unspecified atom stereocenters. The summed E-state index contributed by atoms with van der Waals surface area (Å²) in [5.41, 5.74) is 3.80. The van der Waals surface area contributed by atoms with Crippen molar-refractivity contribution in [2.75, 3.05) is 7.11 Å². The number of ether oxygens (including phenoxy) is 1. The maximum atomic E-state index is 12.1. The van der Waals surface area contributed by atoms with Crippen molar-refractivity contribution in [2.24, 2.45) is 0 Å². The van der Waals surface area contributed by atoms with E-state index in [0.717, 1.165) is 27.2 Å². The molecule has 8 heteroatoms. The maximum absolute atomic E-state index is 12.1. The molecule has 0 saturated carbocycles. The number of aryl methyl sites for hydroxylation is 1. The van der Waals surface area contributed by atoms with E-state index in [1.165, 1.54) is 11.3 Å². The van der Waals surface area contributed by atoms with Gasteiger partial charge < -0.3 is 4.74 Å². The Bertz CT molecular complexity index is 1140. The molecule has 0 fully saturated rings. The SMILES string of the molecule is COCn1c(=O)sc2cc(C(C)c3ccn(-c4ccc(C)nn4)n3)ccc21. The van der Waals surface area contributed by atoms with Crippen molar-refractivity contribution in [3.8, 4) is 5.82 Å². The third-order valence-electron chi connectivity index (χ3n) is 4.52. The molecule has 0 aliphatic rings. The van der Waals surface area contributed by atoms with Crippen molar-refractivity contribution < 1.29 is 4.74 Å². The molecule has 0 aliphatic heterocycles. The van der Waals surface area contributed by atoms with Gasteiger partial charge in [0, 0.05) is 19.2 Å². The van der Waals surface area contributed by atoms with Crippen molar-refractivity contribution >= 4 is 21.6 Å². The number of hydrogen-bond donors (Lipinski definition) is 0. The number of fused-ring (bicyclic) bond motifs is 1. The fourth-order valence-corrected chi connectivity index (χ4v) is 3.91. The van der Waals surface area contributed by atoms with Crippen LogP contribution < -0.4 is 4.87 Å². The lowest BCUT2D eigenvalue weighted by atomic mass is 9.98. The first-order chi connectivity index (χ1) is 13.1. The summed E-state index contributed by atoms with van der Waals surface area (Å²) in [6.07, 6.45) is 1.89. The molecular weight excluding hydrogens is 362 g/mol. The minimum atomic E-state index is -0.0149. The van der Waals surface area contributed by atoms with E-state index in [1.807, 2.05) is 43.5 Å². The molecule has 138 valence electrons. The second kappa shape index (κ2) is 7.05. The van der Waals surface area contributed by atoms with Gasteiger partial charge in [-0.05, 0) is 42.8 Å². The Morgan fingerprint density at radius 1 is 1.19 bits per heavy atom. The highest BCUT2D eigenvalue weighted by molar-refractivity contribution is 7.16. The first-order valence-electron chi connectivity index (χ1n) is 8.55. The molecule has 7 nitrogen and oxygen atoms in total. The van der Waals surface area contributed by atoms with Crippen LogP contribution in [0.2, 0.25) is 0 Å². The summed E-state index contributed by atoms with van der Waals surface area (Å²) in [7, 11) is 1.58. The van der Waals surface area contributed by atoms with Crippen LogP contribution in [0, 0.1) is 6.92 Å². The van der Waals surface area contributed by atoms with Crippen molar-refractivity contribution in [3.05, 3.63) is 69.2 Å². The lowest BCUT2D eigenvalue weighted by molar-refractivity contribution is 0.133. The van der Waals surface area contributed by atoms with Crippen LogP contribution in [-0.2, 0) is 11.5 Å². The molecule has 1 aromatic carbocycles. The van der Waals surface area contributed by atoms with Crippen LogP contribution in [0.4, 0.5) is 0 Å². The minimum absolute atomic E-state index is 0.0149. The Morgan fingerprint density at radius 2 is 2.04 bits per heavy atom. The Balaban J connectivity index is 1.65. The summed E-state index contributed by atoms with van der Waals surface area (Å²) in [6, 6.07) is 11.9. The molecule has 4 aromatic rings. The second-order valence-corrected chi connectivity index (χ2v) is 7.37. The summed E-state index contributed by atoms with van der Waals surface area (Å²) in [6.45, 7) is 4.26. The number of rotatable bonds is 5. The van der Waals surface area contributed by atoms with Gasteiger partial charge in [-0.3, -0.25) is 9.36 Å². The quantitative estimate of drug-likeness (QED) is 0.531. The summed E-state index contributed by atoms with van der Waals surface area (Å²) >= 11 is 1.23. The van der Waals surface area contributed by atoms with Gasteiger partial charge in [-0.25, -0.2) is 4.68 Å². The number of methoxy groups -OCH3 is 1. The molecule has 0 saturated heterocycles. The standard InChI is InChI=1S/C19H19N5O2S/c1-12-4-7-18(21-20-12)24-9-8-15(22-24)13(2)14-5-6-16-17(10-14)27-19(25)23(16)11-26-3/h4-10,13H,11H2,1-3H3. The third-order valence-corrected chi connectivity index (χ3v) is 5.46. The molecule has 3 heterocycles. The van der Waals surface area contributed by atoms with E-state index < -0.39 is 0 Å². The Hall–Kier alpha value is -2.84. The van der Waals surface area contributed by atoms with Crippen LogP contribution in [0.1, 0.15) is 29.8 Å². The van der Waals surface area contributed by atoms with Crippen LogP contribution in [0.15, 0.2) is 47.4 Å². The Labute approximate surface area is 159 Å². The molecule has 0 radical (unpaired) electrons. The number of aromatic nitrogens is 5. The Kier molecular flexibility index (Phi) is 4.59. The van der Waals surface area contributed by atoms with Gasteiger partial charge in [-0.15, -0.1) is 5.10 Å². The van der Waals surface area contributed by atoms with Crippen molar-refractivity contribution in [2.45, 2.75) is 26.5 Å². The van der Waals surface area contributed by atoms with E-state index in [4.69, 9.17) is 4.74 Å². The summed E-state index contributed by atoms with van der Waals surface area (Å²) in [5, 5.41) is 12.9. The fourth-order valence-electron chi connectivity index (χ4n) is 2.99. The van der Waals surface area contributed by atoms with Gasteiger partial charge in [0.15, 0.2) is 5.82 Å². The van der Waals surface area contributed by atoms with Gasteiger partial charge in [0.25, 0.3) is 0 Å². The van der Waals surface area contributed by atoms with E-state index in [9.17, 15) is 4.79 Å². The predicted molar refractivity (Wildman–Crippen MR) is 105 cm³/mol. The highest BCUT2D eigenvalue weighted by Crippen LogP contribution is 2.27. The molecule has 0 amide bonds. The highest BCUT2D eigenvalue weighted by atomic mass is 32.1. The zero-order valence-corrected chi connectivity index (χ0v) is 16.1. The van der Waals surface area contributed by atoms with Gasteiger partial charge in [-0.2, -0.15) is 10.2 Å². The van der Waals surface area contributed by atoms with E-state index in [2.05, 4.69) is 28.3 Å². The van der Waals surface area contributed by atoms with Crippen LogP contribution in [0.5, 0.6) is 0 Å². The maximum Gasteiger partial charge on any atom is 0.310 e. The fraction of sp³-hybridized carbons (Fsp3) is 0.263. The van der Waals surface area contributed by atoms with Crippen molar-refractivity contribution in [3.63, 3.8) is 0 Å². The van der Waals surface area contributed by atoms with Gasteiger partial charge in [0.1, 0.15) is 6.73 Å². The zero-order valence-electron chi connectivity index (χ0n) is 15.3. The molecule has 0 aliphatic carbocycles. The normalized spacial score (nSPS) is 12.6. The molecule has 3 aromatic heterocycles. The smallest absolute Gasteiger partial charge is 0.310 e. The number of benzene rings is 1. The molecule has 4 rings (SSSR count). The lowest BCUT2D eigenvalue weighted by Crippen LogP contribution is -2.13. The van der Waals surface area contributed by atoms with Gasteiger partial charge >= 0.3 is 4.87 Å². The molecule has 0 spiro atoms. The van der Waals surface area contributed by atoms with Gasteiger partial charge in [0.05, 0.1) is 21.6 Å². The molecule has 1 atom stereocenters. The molecule has 27 heavy (non-hydrogen) atoms. The van der Waals surface area contributed by atoms with E-state index >= 15 is 0 Å². The monoisotopic (exact) mass is 381 g/mol. The summed E-state index contributed by atoms with van der Waals surface area (Å²) in [4.78, 5) is 12.1. The molecular formula is C19H19N5O2S. The van der Waals surface area contributed by atoms with Crippen molar-refractivity contribution in [1.82, 2.24) is 24.5 Å². The van der Waals surface area contributed by atoms with E-state index in [1.54, 1.807) is 16.4 Å². The average molecular weight is 381 g/mol. The van der Waals surface area contributed by atoms with Crippen LogP contribution in [-0.4, -0.2) is 31.7 Å². The average Bonchev–Trinajstić information content (AvgIpc) is 3.27. The van der Waals surface area contributed by atoms with Crippen LogP contribution >= 0.6 is 11.3 Å². The first-order valence-corrected chi connectivity index (χ1v) is 9.37.